The normalized spacial score (nSPS) is 11.7. The fourth-order valence-corrected chi connectivity index (χ4v) is 3.60. The molecule has 1 aromatic carbocycles. The van der Waals surface area contributed by atoms with E-state index in [1.54, 1.807) is 12.1 Å². The van der Waals surface area contributed by atoms with Crippen LogP contribution in [0.2, 0.25) is 5.02 Å². The van der Waals surface area contributed by atoms with Gasteiger partial charge in [-0.2, -0.15) is 18.3 Å². The first-order chi connectivity index (χ1) is 16.8. The molecule has 35 heavy (non-hydrogen) atoms. The molecule has 184 valence electrons. The van der Waals surface area contributed by atoms with E-state index in [0.29, 0.717) is 32.0 Å². The van der Waals surface area contributed by atoms with Crippen molar-refractivity contribution in [1.29, 1.82) is 0 Å². The van der Waals surface area contributed by atoms with Gasteiger partial charge in [0.25, 0.3) is 5.91 Å². The van der Waals surface area contributed by atoms with Crippen LogP contribution >= 0.6 is 11.6 Å². The van der Waals surface area contributed by atoms with Gasteiger partial charge in [-0.25, -0.2) is 9.97 Å². The zero-order chi connectivity index (χ0) is 25.0. The van der Waals surface area contributed by atoms with Crippen LogP contribution in [0.5, 0.6) is 0 Å². The number of hydrogen-bond donors (Lipinski definition) is 4. The number of aromatic amines is 1. The Labute approximate surface area is 201 Å². The zero-order valence-electron chi connectivity index (χ0n) is 18.1. The Hall–Kier alpha value is -3.68. The number of nitrogens with two attached hydrogens (primary N) is 1. The Balaban J connectivity index is 1.53. The maximum atomic E-state index is 13.3. The first-order valence-corrected chi connectivity index (χ1v) is 10.7. The van der Waals surface area contributed by atoms with Gasteiger partial charge in [0.2, 0.25) is 0 Å². The monoisotopic (exact) mass is 508 g/mol. The summed E-state index contributed by atoms with van der Waals surface area (Å²) in [7, 11) is 0. The second-order valence-corrected chi connectivity index (χ2v) is 7.65. The summed E-state index contributed by atoms with van der Waals surface area (Å²) in [5.41, 5.74) is 5.46. The minimum atomic E-state index is -4.60. The van der Waals surface area contributed by atoms with E-state index in [9.17, 15) is 18.0 Å². The lowest BCUT2D eigenvalue weighted by molar-refractivity contribution is -0.140. The van der Waals surface area contributed by atoms with Gasteiger partial charge in [0, 0.05) is 31.2 Å². The number of carbonyl (C=O) groups excluding carboxylic acids is 1. The number of carbonyl (C=O) groups is 1. The van der Waals surface area contributed by atoms with Crippen molar-refractivity contribution in [3.63, 3.8) is 0 Å². The summed E-state index contributed by atoms with van der Waals surface area (Å²) in [6.07, 6.45) is 0.706. The van der Waals surface area contributed by atoms with Crippen molar-refractivity contribution >= 4 is 34.7 Å². The molecular weight excluding hydrogens is 489 g/mol. The molecule has 0 fully saturated rings. The molecule has 0 saturated carbocycles. The molecule has 0 atom stereocenters. The Morgan fingerprint density at radius 2 is 2.06 bits per heavy atom. The van der Waals surface area contributed by atoms with Gasteiger partial charge < -0.3 is 21.1 Å². The van der Waals surface area contributed by atoms with E-state index in [4.69, 9.17) is 22.1 Å². The Morgan fingerprint density at radius 3 is 2.80 bits per heavy atom. The number of ether oxygens (including phenoxy) is 1. The number of anilines is 2. The van der Waals surface area contributed by atoms with E-state index in [0.717, 1.165) is 6.20 Å². The van der Waals surface area contributed by atoms with Crippen molar-refractivity contribution in [1.82, 2.24) is 29.9 Å². The quantitative estimate of drug-likeness (QED) is 0.255. The molecule has 3 heterocycles. The lowest BCUT2D eigenvalue weighted by atomic mass is 10.2. The third kappa shape index (κ3) is 5.37. The first-order valence-electron chi connectivity index (χ1n) is 10.3. The van der Waals surface area contributed by atoms with E-state index in [2.05, 4.69) is 25.7 Å². The van der Waals surface area contributed by atoms with Crippen molar-refractivity contribution in [2.75, 3.05) is 31.6 Å². The van der Waals surface area contributed by atoms with Gasteiger partial charge in [0.1, 0.15) is 5.69 Å². The van der Waals surface area contributed by atoms with Gasteiger partial charge in [-0.15, -0.1) is 0 Å². The summed E-state index contributed by atoms with van der Waals surface area (Å²) < 4.78 is 46.6. The van der Waals surface area contributed by atoms with Crippen molar-refractivity contribution < 1.29 is 22.7 Å². The van der Waals surface area contributed by atoms with Crippen LogP contribution in [0.1, 0.15) is 16.1 Å². The molecule has 1 amide bonds. The number of nitrogens with zero attached hydrogens (tertiary/aromatic N) is 4. The number of amides is 1. The fraction of sp³-hybridized carbons (Fsp3) is 0.238. The second kappa shape index (κ2) is 10.3. The minimum absolute atomic E-state index is 0.144. The van der Waals surface area contributed by atoms with Crippen molar-refractivity contribution in [2.24, 2.45) is 5.73 Å². The van der Waals surface area contributed by atoms with Gasteiger partial charge in [-0.1, -0.05) is 11.6 Å². The maximum absolute atomic E-state index is 13.3. The highest BCUT2D eigenvalue weighted by Gasteiger charge is 2.36. The number of imidazole rings is 1. The summed E-state index contributed by atoms with van der Waals surface area (Å²) in [6.45, 7) is 1.43. The number of hydrogen-bond acceptors (Lipinski definition) is 7. The first kappa shape index (κ1) is 24.4. The van der Waals surface area contributed by atoms with Gasteiger partial charge in [-0.3, -0.25) is 14.3 Å². The Kier molecular flexibility index (Phi) is 7.19. The summed E-state index contributed by atoms with van der Waals surface area (Å²) in [5.74, 6) is -0.0854. The molecule has 0 aliphatic heterocycles. The largest absolute Gasteiger partial charge is 0.433 e. The molecule has 0 aliphatic rings. The summed E-state index contributed by atoms with van der Waals surface area (Å²) in [4.78, 5) is 20.8. The van der Waals surface area contributed by atoms with Crippen molar-refractivity contribution in [3.05, 3.63) is 59.3 Å². The average molecular weight is 509 g/mol. The smallest absolute Gasteiger partial charge is 0.378 e. The van der Waals surface area contributed by atoms with E-state index in [1.165, 1.54) is 29.1 Å². The van der Waals surface area contributed by atoms with Crippen molar-refractivity contribution in [2.45, 2.75) is 6.18 Å². The molecule has 0 aliphatic carbocycles. The van der Waals surface area contributed by atoms with E-state index >= 15 is 0 Å². The molecule has 0 saturated heterocycles. The molecule has 3 aromatic heterocycles. The predicted molar refractivity (Wildman–Crippen MR) is 123 cm³/mol. The highest BCUT2D eigenvalue weighted by molar-refractivity contribution is 6.34. The third-order valence-corrected chi connectivity index (χ3v) is 5.21. The van der Waals surface area contributed by atoms with Gasteiger partial charge in [0.05, 0.1) is 47.5 Å². The number of halogens is 4. The summed E-state index contributed by atoms with van der Waals surface area (Å²) in [5, 5.41) is 11.4. The number of H-pyrrole nitrogens is 1. The molecule has 5 N–H and O–H groups in total. The second-order valence-electron chi connectivity index (χ2n) is 7.25. The number of aromatic nitrogens is 5. The number of benzene rings is 1. The minimum Gasteiger partial charge on any atom is -0.378 e. The van der Waals surface area contributed by atoms with Gasteiger partial charge >= 0.3 is 6.18 Å². The maximum Gasteiger partial charge on any atom is 0.433 e. The molecule has 10 nitrogen and oxygen atoms in total. The molecular formula is C21H20ClF3N8O2. The van der Waals surface area contributed by atoms with Crippen LogP contribution in [0.4, 0.5) is 24.7 Å². The lowest BCUT2D eigenvalue weighted by Gasteiger charge is -2.11. The number of nitrogens with one attached hydrogen (secondary N) is 3. The third-order valence-electron chi connectivity index (χ3n) is 4.90. The van der Waals surface area contributed by atoms with Crippen LogP contribution in [0.15, 0.2) is 43.0 Å². The standard InChI is InChI=1S/C21H20ClF3N8O2/c22-15-9-12(1-2-13(15)20(34)28-5-8-35-7-3-26)31-18-19-29-11-16(33(19)6-4-27-18)14-10-30-32-17(14)21(23,24)25/h1-2,4,6,9-11H,3,5,7-8,26H2,(H,27,31)(H,28,34)(H,30,32). The summed E-state index contributed by atoms with van der Waals surface area (Å²) in [6, 6.07) is 4.70. The highest BCUT2D eigenvalue weighted by atomic mass is 35.5. The van der Waals surface area contributed by atoms with Crippen LogP contribution in [0.25, 0.3) is 16.9 Å². The van der Waals surface area contributed by atoms with Crippen LogP contribution < -0.4 is 16.4 Å². The van der Waals surface area contributed by atoms with Crippen LogP contribution in [0, 0.1) is 0 Å². The molecule has 0 unspecified atom stereocenters. The molecule has 4 rings (SSSR count). The van der Waals surface area contributed by atoms with Gasteiger partial charge in [-0.05, 0) is 18.2 Å². The Bertz CT molecular complexity index is 1340. The van der Waals surface area contributed by atoms with Gasteiger partial charge in [0.15, 0.2) is 11.5 Å². The molecule has 0 radical (unpaired) electrons. The zero-order valence-corrected chi connectivity index (χ0v) is 18.8. The Morgan fingerprint density at radius 1 is 1.23 bits per heavy atom. The lowest BCUT2D eigenvalue weighted by Crippen LogP contribution is -2.28. The van der Waals surface area contributed by atoms with Crippen molar-refractivity contribution in [3.8, 4) is 11.3 Å². The topological polar surface area (TPSA) is 135 Å². The predicted octanol–water partition coefficient (Wildman–Crippen LogP) is 3.24. The average Bonchev–Trinajstić information content (AvgIpc) is 3.46. The number of fused-ring (bicyclic) bond motifs is 1. The highest BCUT2D eigenvalue weighted by Crippen LogP contribution is 2.36. The fourth-order valence-electron chi connectivity index (χ4n) is 3.33. The van der Waals surface area contributed by atoms with Crippen LogP contribution in [-0.4, -0.2) is 56.8 Å². The summed E-state index contributed by atoms with van der Waals surface area (Å²) >= 11 is 6.30. The number of alkyl halides is 3. The van der Waals surface area contributed by atoms with E-state index in [-0.39, 0.29) is 39.2 Å². The SMILES string of the molecule is NCCOCCNC(=O)c1ccc(Nc2nccn3c(-c4cn[nH]c4C(F)(F)F)cnc23)cc1Cl. The van der Waals surface area contributed by atoms with Crippen LogP contribution in [-0.2, 0) is 10.9 Å². The van der Waals surface area contributed by atoms with E-state index < -0.39 is 11.9 Å². The molecule has 14 heteroatoms. The molecule has 0 bridgehead atoms. The number of rotatable bonds is 9. The van der Waals surface area contributed by atoms with E-state index in [1.807, 2.05) is 5.10 Å². The van der Waals surface area contributed by atoms with Crippen LogP contribution in [0.3, 0.4) is 0 Å². The molecule has 4 aromatic rings. The molecule has 0 spiro atoms.